The van der Waals surface area contributed by atoms with E-state index in [1.807, 2.05) is 13.1 Å². The van der Waals surface area contributed by atoms with Gasteiger partial charge in [-0.25, -0.2) is 4.79 Å². The monoisotopic (exact) mass is 268 g/mol. The predicted octanol–water partition coefficient (Wildman–Crippen LogP) is 1.20. The number of nitrogens with zero attached hydrogens (tertiary/aromatic N) is 1. The lowest BCUT2D eigenvalue weighted by atomic mass is 9.99. The number of carbonyl (C=O) groups is 2. The molecule has 1 unspecified atom stereocenters. The van der Waals surface area contributed by atoms with Gasteiger partial charge in [0.05, 0.1) is 0 Å². The van der Waals surface area contributed by atoms with Crippen molar-refractivity contribution in [3.05, 3.63) is 24.0 Å². The Hall–Kier alpha value is -1.43. The zero-order valence-electron chi connectivity index (χ0n) is 10.2. The highest BCUT2D eigenvalue weighted by Gasteiger charge is 2.43. The lowest BCUT2D eigenvalue weighted by molar-refractivity contribution is -0.143. The molecule has 0 aliphatic carbocycles. The van der Waals surface area contributed by atoms with Gasteiger partial charge in [0.2, 0.25) is 0 Å². The second-order valence-corrected chi connectivity index (χ2v) is 5.43. The summed E-state index contributed by atoms with van der Waals surface area (Å²) in [6, 6.07) is 3.49. The number of carboxylic acids is 1. The van der Waals surface area contributed by atoms with Gasteiger partial charge in [-0.3, -0.25) is 4.79 Å². The van der Waals surface area contributed by atoms with Gasteiger partial charge in [-0.05, 0) is 31.2 Å². The molecule has 2 rings (SSSR count). The van der Waals surface area contributed by atoms with Gasteiger partial charge in [0.15, 0.2) is 0 Å². The number of carbonyl (C=O) groups excluding carboxylic acids is 1. The fourth-order valence-electron chi connectivity index (χ4n) is 2.06. The first-order chi connectivity index (χ1) is 8.59. The van der Waals surface area contributed by atoms with E-state index >= 15 is 0 Å². The van der Waals surface area contributed by atoms with E-state index in [0.717, 1.165) is 5.75 Å². The van der Waals surface area contributed by atoms with Gasteiger partial charge in [0.1, 0.15) is 11.2 Å². The summed E-state index contributed by atoms with van der Waals surface area (Å²) in [4.78, 5) is 23.5. The van der Waals surface area contributed by atoms with Crippen molar-refractivity contribution < 1.29 is 14.7 Å². The summed E-state index contributed by atoms with van der Waals surface area (Å²) in [6.45, 7) is 2.62. The van der Waals surface area contributed by atoms with Crippen LogP contribution in [0.3, 0.4) is 0 Å². The first-order valence-electron chi connectivity index (χ1n) is 5.88. The van der Waals surface area contributed by atoms with Crippen LogP contribution in [0, 0.1) is 0 Å². The number of amides is 1. The summed E-state index contributed by atoms with van der Waals surface area (Å²) in [5.74, 6) is -0.0651. The minimum Gasteiger partial charge on any atom is -0.479 e. The quantitative estimate of drug-likeness (QED) is 0.860. The van der Waals surface area contributed by atoms with E-state index in [-0.39, 0.29) is 5.91 Å². The van der Waals surface area contributed by atoms with Crippen molar-refractivity contribution in [2.24, 2.45) is 0 Å². The number of carboxylic acid groups (broad SMARTS) is 1. The Labute approximate surface area is 110 Å². The average molecular weight is 268 g/mol. The molecule has 18 heavy (non-hydrogen) atoms. The van der Waals surface area contributed by atoms with Crippen LogP contribution in [0.25, 0.3) is 0 Å². The maximum Gasteiger partial charge on any atom is 0.330 e. The van der Waals surface area contributed by atoms with Crippen LogP contribution in [0.2, 0.25) is 0 Å². The molecule has 6 heteroatoms. The molecule has 0 radical (unpaired) electrons. The van der Waals surface area contributed by atoms with Crippen molar-refractivity contribution in [2.45, 2.75) is 25.4 Å². The van der Waals surface area contributed by atoms with Gasteiger partial charge >= 0.3 is 5.97 Å². The lowest BCUT2D eigenvalue weighted by Gasteiger charge is -2.24. The molecule has 1 aromatic heterocycles. The van der Waals surface area contributed by atoms with E-state index in [4.69, 9.17) is 0 Å². The summed E-state index contributed by atoms with van der Waals surface area (Å²) in [5.41, 5.74) is -0.597. The lowest BCUT2D eigenvalue weighted by Crippen LogP contribution is -2.55. The minimum atomic E-state index is -1.11. The van der Waals surface area contributed by atoms with Crippen molar-refractivity contribution >= 4 is 23.6 Å². The Morgan fingerprint density at radius 1 is 1.61 bits per heavy atom. The topological polar surface area (TPSA) is 71.3 Å². The predicted molar refractivity (Wildman–Crippen MR) is 69.9 cm³/mol. The molecule has 5 nitrogen and oxygen atoms in total. The highest BCUT2D eigenvalue weighted by Crippen LogP contribution is 2.28. The third-order valence-corrected chi connectivity index (χ3v) is 4.38. The van der Waals surface area contributed by atoms with E-state index in [1.54, 1.807) is 28.5 Å². The zero-order chi connectivity index (χ0) is 13.2. The summed E-state index contributed by atoms with van der Waals surface area (Å²) in [5, 5.41) is 12.0. The minimum absolute atomic E-state index is 0.313. The van der Waals surface area contributed by atoms with Crippen LogP contribution in [0.5, 0.6) is 0 Å². The first-order valence-corrected chi connectivity index (χ1v) is 7.03. The molecule has 98 valence electrons. The van der Waals surface area contributed by atoms with Gasteiger partial charge in [-0.2, -0.15) is 11.8 Å². The molecule has 0 bridgehead atoms. The SMILES string of the molecule is CCn1cccc1C(=O)NC1(C(=O)O)CCSC1. The third kappa shape index (κ3) is 2.25. The van der Waals surface area contributed by atoms with Crippen molar-refractivity contribution in [1.29, 1.82) is 0 Å². The van der Waals surface area contributed by atoms with Gasteiger partial charge in [-0.15, -0.1) is 0 Å². The number of hydrogen-bond acceptors (Lipinski definition) is 3. The zero-order valence-corrected chi connectivity index (χ0v) is 11.0. The number of nitrogens with one attached hydrogen (secondary N) is 1. The summed E-state index contributed by atoms with van der Waals surface area (Å²) in [6.07, 6.45) is 2.29. The Morgan fingerprint density at radius 2 is 2.39 bits per heavy atom. The largest absolute Gasteiger partial charge is 0.479 e. The van der Waals surface area contributed by atoms with Crippen LogP contribution in [-0.2, 0) is 11.3 Å². The van der Waals surface area contributed by atoms with Crippen LogP contribution in [0.1, 0.15) is 23.8 Å². The van der Waals surface area contributed by atoms with Crippen LogP contribution in [0.4, 0.5) is 0 Å². The first kappa shape index (κ1) is 13.0. The highest BCUT2D eigenvalue weighted by molar-refractivity contribution is 7.99. The molecule has 0 aromatic carbocycles. The molecule has 2 heterocycles. The van der Waals surface area contributed by atoms with Crippen LogP contribution < -0.4 is 5.32 Å². The molecule has 1 saturated heterocycles. The Morgan fingerprint density at radius 3 is 2.94 bits per heavy atom. The van der Waals surface area contributed by atoms with Crippen molar-refractivity contribution in [2.75, 3.05) is 11.5 Å². The Kier molecular flexibility index (Phi) is 3.65. The summed E-state index contributed by atoms with van der Waals surface area (Å²) < 4.78 is 1.80. The molecule has 1 aliphatic rings. The van der Waals surface area contributed by atoms with Crippen molar-refractivity contribution in [3.63, 3.8) is 0 Å². The van der Waals surface area contributed by atoms with Gasteiger partial charge in [0.25, 0.3) is 5.91 Å². The molecule has 1 aliphatic heterocycles. The maximum absolute atomic E-state index is 12.1. The number of aliphatic carboxylic acids is 1. The fraction of sp³-hybridized carbons (Fsp3) is 0.500. The summed E-state index contributed by atoms with van der Waals surface area (Å²) >= 11 is 1.56. The molecule has 1 amide bonds. The third-order valence-electron chi connectivity index (χ3n) is 3.19. The Bertz CT molecular complexity index is 464. The van der Waals surface area contributed by atoms with Gasteiger partial charge < -0.3 is 15.0 Å². The molecule has 1 fully saturated rings. The van der Waals surface area contributed by atoms with Crippen molar-refractivity contribution in [1.82, 2.24) is 9.88 Å². The average Bonchev–Trinajstić information content (AvgIpc) is 2.97. The number of thioether (sulfide) groups is 1. The number of aromatic nitrogens is 1. The van der Waals surface area contributed by atoms with Gasteiger partial charge in [-0.1, -0.05) is 0 Å². The highest BCUT2D eigenvalue weighted by atomic mass is 32.2. The van der Waals surface area contributed by atoms with Crippen molar-refractivity contribution in [3.8, 4) is 0 Å². The van der Waals surface area contributed by atoms with E-state index in [9.17, 15) is 14.7 Å². The molecule has 2 N–H and O–H groups in total. The molecule has 1 aromatic rings. The summed E-state index contributed by atoms with van der Waals surface area (Å²) in [7, 11) is 0. The molecular weight excluding hydrogens is 252 g/mol. The standard InChI is InChI=1S/C12H16N2O3S/c1-2-14-6-3-4-9(14)10(15)13-12(11(16)17)5-7-18-8-12/h3-4,6H,2,5,7-8H2,1H3,(H,13,15)(H,16,17). The second kappa shape index (κ2) is 5.06. The molecule has 1 atom stereocenters. The maximum atomic E-state index is 12.1. The normalized spacial score (nSPS) is 22.9. The van der Waals surface area contributed by atoms with E-state index in [0.29, 0.717) is 24.4 Å². The number of hydrogen-bond donors (Lipinski definition) is 2. The van der Waals surface area contributed by atoms with Crippen LogP contribution >= 0.6 is 11.8 Å². The smallest absolute Gasteiger partial charge is 0.330 e. The van der Waals surface area contributed by atoms with E-state index in [2.05, 4.69) is 5.32 Å². The fourth-order valence-corrected chi connectivity index (χ4v) is 3.39. The van der Waals surface area contributed by atoms with E-state index < -0.39 is 11.5 Å². The number of rotatable bonds is 4. The number of aryl methyl sites for hydroxylation is 1. The van der Waals surface area contributed by atoms with Crippen LogP contribution in [0.15, 0.2) is 18.3 Å². The van der Waals surface area contributed by atoms with Crippen LogP contribution in [-0.4, -0.2) is 38.6 Å². The molecular formula is C12H16N2O3S. The van der Waals surface area contributed by atoms with E-state index in [1.165, 1.54) is 0 Å². The molecule has 0 saturated carbocycles. The second-order valence-electron chi connectivity index (χ2n) is 4.32. The Balaban J connectivity index is 2.18. The molecule has 0 spiro atoms. The van der Waals surface area contributed by atoms with Gasteiger partial charge in [0, 0.05) is 18.5 Å².